The normalized spacial score (nSPS) is 14.8. The maximum absolute atomic E-state index is 13.4. The van der Waals surface area contributed by atoms with Gasteiger partial charge in [0, 0.05) is 30.3 Å². The van der Waals surface area contributed by atoms with Crippen LogP contribution in [-0.2, 0) is 11.2 Å². The van der Waals surface area contributed by atoms with E-state index in [4.69, 9.17) is 15.2 Å². The summed E-state index contributed by atoms with van der Waals surface area (Å²) in [5, 5.41) is 2.91. The molecule has 3 aromatic rings. The fraction of sp³-hybridized carbons (Fsp3) is 0.344. The Hall–Kier alpha value is -4.33. The smallest absolute Gasteiger partial charge is 0.407 e. The lowest BCUT2D eigenvalue weighted by molar-refractivity contribution is 0.0473. The van der Waals surface area contributed by atoms with E-state index in [0.29, 0.717) is 43.5 Å². The molecule has 1 fully saturated rings. The van der Waals surface area contributed by atoms with Crippen molar-refractivity contribution < 1.29 is 23.9 Å². The molecular formula is C32H35N3O5. The largest absolute Gasteiger partial charge is 0.497 e. The van der Waals surface area contributed by atoms with E-state index in [1.54, 1.807) is 7.11 Å². The minimum Gasteiger partial charge on any atom is -0.497 e. The summed E-state index contributed by atoms with van der Waals surface area (Å²) >= 11 is 0. The van der Waals surface area contributed by atoms with E-state index < -0.39 is 17.6 Å². The van der Waals surface area contributed by atoms with Gasteiger partial charge in [0.25, 0.3) is 5.91 Å². The topological polar surface area (TPSA) is 111 Å². The molecule has 0 atom stereocenters. The number of ether oxygens (including phenoxy) is 2. The molecule has 0 radical (unpaired) electrons. The average Bonchev–Trinajstić information content (AvgIpc) is 3.29. The van der Waals surface area contributed by atoms with Crippen LogP contribution in [0.4, 0.5) is 4.79 Å². The molecule has 208 valence electrons. The zero-order valence-corrected chi connectivity index (χ0v) is 23.4. The number of nitrogens with one attached hydrogen (secondary N) is 1. The molecule has 3 amide bonds. The van der Waals surface area contributed by atoms with Gasteiger partial charge in [-0.3, -0.25) is 9.59 Å². The molecule has 8 heteroatoms. The molecule has 8 nitrogen and oxygen atoms in total. The van der Waals surface area contributed by atoms with Gasteiger partial charge in [0.05, 0.1) is 7.11 Å². The summed E-state index contributed by atoms with van der Waals surface area (Å²) in [5.74, 6) is 0.210. The van der Waals surface area contributed by atoms with Crippen molar-refractivity contribution in [2.24, 2.45) is 5.73 Å². The van der Waals surface area contributed by atoms with Crippen molar-refractivity contribution in [3.8, 4) is 28.0 Å². The van der Waals surface area contributed by atoms with E-state index in [9.17, 15) is 14.4 Å². The lowest BCUT2D eigenvalue weighted by atomic mass is 9.94. The molecule has 1 aliphatic heterocycles. The third kappa shape index (κ3) is 5.66. The fourth-order valence-corrected chi connectivity index (χ4v) is 5.50. The predicted octanol–water partition coefficient (Wildman–Crippen LogP) is 5.16. The first-order chi connectivity index (χ1) is 19.0. The number of benzene rings is 3. The summed E-state index contributed by atoms with van der Waals surface area (Å²) in [6.45, 7) is 6.59. The van der Waals surface area contributed by atoms with Crippen molar-refractivity contribution in [1.29, 1.82) is 0 Å². The van der Waals surface area contributed by atoms with Gasteiger partial charge in [0.1, 0.15) is 11.4 Å². The van der Waals surface area contributed by atoms with Crippen LogP contribution >= 0.6 is 0 Å². The Balaban J connectivity index is 1.33. The number of nitrogens with two attached hydrogens (primary N) is 1. The highest BCUT2D eigenvalue weighted by molar-refractivity contribution is 6.01. The molecule has 0 bridgehead atoms. The number of likely N-dealkylation sites (tertiary alicyclic amines) is 1. The summed E-state index contributed by atoms with van der Waals surface area (Å²) < 4.78 is 10.7. The fourth-order valence-electron chi connectivity index (χ4n) is 5.50. The predicted molar refractivity (Wildman–Crippen MR) is 153 cm³/mol. The van der Waals surface area contributed by atoms with Gasteiger partial charge in [0.2, 0.25) is 5.91 Å². The zero-order chi connectivity index (χ0) is 28.6. The molecule has 1 aliphatic carbocycles. The third-order valence-corrected chi connectivity index (χ3v) is 7.43. The van der Waals surface area contributed by atoms with Crippen LogP contribution in [0.1, 0.15) is 65.5 Å². The Labute approximate surface area is 234 Å². The summed E-state index contributed by atoms with van der Waals surface area (Å²) in [7, 11) is 1.62. The number of methoxy groups -OCH3 is 1. The lowest BCUT2D eigenvalue weighted by Crippen LogP contribution is -2.47. The number of fused-ring (bicyclic) bond motifs is 3. The van der Waals surface area contributed by atoms with Crippen LogP contribution in [0.25, 0.3) is 22.3 Å². The van der Waals surface area contributed by atoms with Gasteiger partial charge in [-0.25, -0.2) is 4.79 Å². The van der Waals surface area contributed by atoms with Crippen molar-refractivity contribution in [1.82, 2.24) is 10.2 Å². The highest BCUT2D eigenvalue weighted by Crippen LogP contribution is 2.42. The molecule has 5 rings (SSSR count). The number of carbonyl (C=O) groups excluding carboxylic acids is 3. The summed E-state index contributed by atoms with van der Waals surface area (Å²) in [6, 6.07) is 17.3. The molecule has 3 aromatic carbocycles. The Morgan fingerprint density at radius 1 is 0.950 bits per heavy atom. The first-order valence-electron chi connectivity index (χ1n) is 13.6. The third-order valence-electron chi connectivity index (χ3n) is 7.43. The molecule has 1 heterocycles. The Morgan fingerprint density at radius 3 is 2.38 bits per heavy atom. The lowest BCUT2D eigenvalue weighted by Gasteiger charge is -2.33. The summed E-state index contributed by atoms with van der Waals surface area (Å²) in [6.07, 6.45) is 1.43. The van der Waals surface area contributed by atoms with E-state index in [1.165, 1.54) is 0 Å². The van der Waals surface area contributed by atoms with Crippen LogP contribution in [0.3, 0.4) is 0 Å². The van der Waals surface area contributed by atoms with Gasteiger partial charge in [-0.1, -0.05) is 18.2 Å². The van der Waals surface area contributed by atoms with E-state index in [1.807, 2.05) is 74.2 Å². The zero-order valence-electron chi connectivity index (χ0n) is 23.4. The van der Waals surface area contributed by atoms with Gasteiger partial charge in [-0.05, 0) is 110 Å². The van der Waals surface area contributed by atoms with E-state index in [0.717, 1.165) is 39.1 Å². The molecule has 3 N–H and O–H groups in total. The van der Waals surface area contributed by atoms with Gasteiger partial charge < -0.3 is 25.4 Å². The minimum absolute atomic E-state index is 0.0283. The minimum atomic E-state index is -0.553. The van der Waals surface area contributed by atoms with Crippen LogP contribution in [0.2, 0.25) is 0 Å². The van der Waals surface area contributed by atoms with Crippen molar-refractivity contribution in [3.05, 3.63) is 76.9 Å². The van der Waals surface area contributed by atoms with E-state index >= 15 is 0 Å². The Kier molecular flexibility index (Phi) is 7.27. The van der Waals surface area contributed by atoms with Crippen LogP contribution in [0.15, 0.2) is 54.6 Å². The molecule has 0 spiro atoms. The van der Waals surface area contributed by atoms with Crippen LogP contribution in [-0.4, -0.2) is 54.6 Å². The van der Waals surface area contributed by atoms with E-state index in [-0.39, 0.29) is 11.9 Å². The van der Waals surface area contributed by atoms with Gasteiger partial charge >= 0.3 is 6.09 Å². The number of primary amides is 1. The van der Waals surface area contributed by atoms with Crippen molar-refractivity contribution >= 4 is 17.9 Å². The summed E-state index contributed by atoms with van der Waals surface area (Å²) in [4.78, 5) is 39.8. The second-order valence-electron chi connectivity index (χ2n) is 11.4. The maximum atomic E-state index is 13.4. The van der Waals surface area contributed by atoms with Gasteiger partial charge in [0.15, 0.2) is 0 Å². The Bertz CT molecular complexity index is 1480. The SMILES string of the molecule is COc1cccc(-c2cc(C(N)=O)c3c(c2)-c2ccc(C(=O)N4CCC(NC(=O)OC(C)(C)C)CC4)cc2C3)c1. The number of carbonyl (C=O) groups is 3. The van der Waals surface area contributed by atoms with Crippen LogP contribution in [0.5, 0.6) is 5.75 Å². The standard InChI is InChI=1S/C32H35N3O5/c1-32(2,3)40-31(38)34-23-10-12-35(13-11-23)30(37)20-8-9-25-22(14-20)18-27-26(25)16-21(17-28(27)29(33)36)19-6-5-7-24(15-19)39-4/h5-9,14-17,23H,10-13,18H2,1-4H3,(H2,33,36)(H,34,38). The molecule has 40 heavy (non-hydrogen) atoms. The number of rotatable bonds is 5. The molecule has 0 aromatic heterocycles. The van der Waals surface area contributed by atoms with Crippen molar-refractivity contribution in [2.45, 2.75) is 51.7 Å². The number of piperidine rings is 1. The van der Waals surface area contributed by atoms with Crippen LogP contribution in [0, 0.1) is 0 Å². The number of nitrogens with zero attached hydrogens (tertiary/aromatic N) is 1. The Morgan fingerprint density at radius 2 is 1.70 bits per heavy atom. The maximum Gasteiger partial charge on any atom is 0.407 e. The molecular weight excluding hydrogens is 506 g/mol. The van der Waals surface area contributed by atoms with E-state index in [2.05, 4.69) is 11.4 Å². The first kappa shape index (κ1) is 27.2. The average molecular weight is 542 g/mol. The number of hydrogen-bond acceptors (Lipinski definition) is 5. The second kappa shape index (κ2) is 10.7. The highest BCUT2D eigenvalue weighted by Gasteiger charge is 2.29. The second-order valence-corrected chi connectivity index (χ2v) is 11.4. The highest BCUT2D eigenvalue weighted by atomic mass is 16.6. The number of amides is 3. The van der Waals surface area contributed by atoms with Crippen molar-refractivity contribution in [2.75, 3.05) is 20.2 Å². The molecule has 1 saturated heterocycles. The first-order valence-corrected chi connectivity index (χ1v) is 13.6. The molecule has 2 aliphatic rings. The summed E-state index contributed by atoms with van der Waals surface area (Å²) in [5.41, 5.74) is 12.0. The van der Waals surface area contributed by atoms with Gasteiger partial charge in [-0.2, -0.15) is 0 Å². The molecule has 0 unspecified atom stereocenters. The number of alkyl carbamates (subject to hydrolysis) is 1. The van der Waals surface area contributed by atoms with Gasteiger partial charge in [-0.15, -0.1) is 0 Å². The van der Waals surface area contributed by atoms with Crippen LogP contribution < -0.4 is 15.8 Å². The quantitative estimate of drug-likeness (QED) is 0.363. The molecule has 0 saturated carbocycles. The monoisotopic (exact) mass is 541 g/mol. The number of hydrogen-bond donors (Lipinski definition) is 2. The van der Waals surface area contributed by atoms with Crippen molar-refractivity contribution in [3.63, 3.8) is 0 Å².